The molecular weight excluding hydrogens is 259 g/mol. The van der Waals surface area contributed by atoms with Crippen LogP contribution in [0, 0.1) is 5.92 Å². The van der Waals surface area contributed by atoms with Crippen LogP contribution in [0.2, 0.25) is 0 Å². The van der Waals surface area contributed by atoms with Gasteiger partial charge in [0.05, 0.1) is 12.2 Å². The summed E-state index contributed by atoms with van der Waals surface area (Å²) in [5.41, 5.74) is 4.78. The quantitative estimate of drug-likeness (QED) is 0.833. The molecule has 108 valence electrons. The minimum absolute atomic E-state index is 0.0266. The Bertz CT molecular complexity index is 382. The van der Waals surface area contributed by atoms with E-state index in [9.17, 15) is 13.2 Å². The van der Waals surface area contributed by atoms with Crippen LogP contribution in [0.25, 0.3) is 0 Å². The predicted octanol–water partition coefficient (Wildman–Crippen LogP) is 2.70. The average molecular weight is 277 g/mol. The maximum absolute atomic E-state index is 12.7. The van der Waals surface area contributed by atoms with E-state index in [4.69, 9.17) is 15.2 Å². The highest BCUT2D eigenvalue weighted by Crippen LogP contribution is 2.36. The van der Waals surface area contributed by atoms with Crippen molar-refractivity contribution in [3.63, 3.8) is 0 Å². The lowest BCUT2D eigenvalue weighted by atomic mass is 10.1. The Kier molecular flexibility index (Phi) is 6.11. The van der Waals surface area contributed by atoms with Crippen LogP contribution in [0.4, 0.5) is 13.2 Å². The van der Waals surface area contributed by atoms with E-state index in [1.807, 2.05) is 0 Å². The Labute approximate surface area is 110 Å². The third kappa shape index (κ3) is 5.08. The highest BCUT2D eigenvalue weighted by molar-refractivity contribution is 5.35. The number of hydrogen-bond acceptors (Lipinski definition) is 3. The van der Waals surface area contributed by atoms with Gasteiger partial charge in [-0.05, 0) is 25.1 Å². The van der Waals surface area contributed by atoms with Crippen molar-refractivity contribution in [2.24, 2.45) is 11.7 Å². The van der Waals surface area contributed by atoms with Crippen molar-refractivity contribution in [2.75, 3.05) is 26.9 Å². The molecule has 0 aromatic heterocycles. The second-order valence-corrected chi connectivity index (χ2v) is 4.19. The third-order valence-corrected chi connectivity index (χ3v) is 2.73. The molecule has 0 aliphatic carbocycles. The number of benzene rings is 1. The first-order valence-corrected chi connectivity index (χ1v) is 5.97. The molecule has 0 bridgehead atoms. The molecular formula is C13H18F3NO2. The van der Waals surface area contributed by atoms with Crippen molar-refractivity contribution in [3.8, 4) is 5.75 Å². The van der Waals surface area contributed by atoms with Crippen LogP contribution in [-0.2, 0) is 10.9 Å². The van der Waals surface area contributed by atoms with Gasteiger partial charge in [0.1, 0.15) is 5.75 Å². The molecule has 1 aromatic rings. The van der Waals surface area contributed by atoms with E-state index in [0.717, 1.165) is 6.07 Å². The molecule has 19 heavy (non-hydrogen) atoms. The zero-order valence-corrected chi connectivity index (χ0v) is 10.7. The summed E-state index contributed by atoms with van der Waals surface area (Å²) in [5, 5.41) is 0. The van der Waals surface area contributed by atoms with Crippen LogP contribution in [0.5, 0.6) is 5.75 Å². The zero-order chi connectivity index (χ0) is 14.3. The van der Waals surface area contributed by atoms with Crippen molar-refractivity contribution in [1.29, 1.82) is 0 Å². The van der Waals surface area contributed by atoms with Crippen molar-refractivity contribution in [3.05, 3.63) is 29.8 Å². The summed E-state index contributed by atoms with van der Waals surface area (Å²) in [7, 11) is 1.56. The van der Waals surface area contributed by atoms with Gasteiger partial charge in [-0.3, -0.25) is 0 Å². The van der Waals surface area contributed by atoms with Gasteiger partial charge in [-0.2, -0.15) is 13.2 Å². The van der Waals surface area contributed by atoms with Gasteiger partial charge < -0.3 is 15.2 Å². The summed E-state index contributed by atoms with van der Waals surface area (Å²) in [4.78, 5) is 0. The fourth-order valence-electron chi connectivity index (χ4n) is 1.59. The first-order valence-electron chi connectivity index (χ1n) is 5.97. The van der Waals surface area contributed by atoms with Crippen molar-refractivity contribution in [2.45, 2.75) is 12.6 Å². The van der Waals surface area contributed by atoms with Crippen LogP contribution >= 0.6 is 0 Å². The number of methoxy groups -OCH3 is 1. The fourth-order valence-corrected chi connectivity index (χ4v) is 1.59. The number of alkyl halides is 3. The van der Waals surface area contributed by atoms with E-state index in [0.29, 0.717) is 19.6 Å². The van der Waals surface area contributed by atoms with Crippen molar-refractivity contribution < 1.29 is 22.6 Å². The molecule has 1 unspecified atom stereocenters. The van der Waals surface area contributed by atoms with E-state index < -0.39 is 11.7 Å². The Balaban J connectivity index is 2.66. The molecule has 0 spiro atoms. The van der Waals surface area contributed by atoms with Gasteiger partial charge in [0.2, 0.25) is 0 Å². The van der Waals surface area contributed by atoms with Gasteiger partial charge in [-0.1, -0.05) is 12.1 Å². The number of rotatable bonds is 7. The van der Waals surface area contributed by atoms with E-state index >= 15 is 0 Å². The predicted molar refractivity (Wildman–Crippen MR) is 66.0 cm³/mol. The van der Waals surface area contributed by atoms with E-state index in [1.165, 1.54) is 18.2 Å². The Morgan fingerprint density at radius 2 is 1.95 bits per heavy atom. The highest BCUT2D eigenvalue weighted by Gasteiger charge is 2.34. The lowest BCUT2D eigenvalue weighted by molar-refractivity contribution is -0.139. The lowest BCUT2D eigenvalue weighted by Gasteiger charge is -2.18. The zero-order valence-electron chi connectivity index (χ0n) is 10.7. The summed E-state index contributed by atoms with van der Waals surface area (Å²) in [6.07, 6.45) is -3.76. The topological polar surface area (TPSA) is 44.5 Å². The largest absolute Gasteiger partial charge is 0.493 e. The third-order valence-electron chi connectivity index (χ3n) is 2.73. The molecule has 2 N–H and O–H groups in total. The standard InChI is InChI=1S/C13H18F3NO2/c1-18-7-6-10(8-17)9-19-12-5-3-2-4-11(12)13(14,15)16/h2-5,10H,6-9,17H2,1H3. The molecule has 1 rings (SSSR count). The normalized spacial score (nSPS) is 13.3. The van der Waals surface area contributed by atoms with Gasteiger partial charge in [-0.15, -0.1) is 0 Å². The van der Waals surface area contributed by atoms with E-state index in [2.05, 4.69) is 0 Å². The number of ether oxygens (including phenoxy) is 2. The summed E-state index contributed by atoms with van der Waals surface area (Å²) >= 11 is 0. The van der Waals surface area contributed by atoms with Crippen LogP contribution in [0.15, 0.2) is 24.3 Å². The summed E-state index contributed by atoms with van der Waals surface area (Å²) in [5.74, 6) is -0.188. The Hall–Kier alpha value is -1.27. The Morgan fingerprint density at radius 3 is 2.53 bits per heavy atom. The summed E-state index contributed by atoms with van der Waals surface area (Å²) in [6.45, 7) is 0.997. The molecule has 1 aromatic carbocycles. The first kappa shape index (κ1) is 15.8. The van der Waals surface area contributed by atoms with Crippen LogP contribution < -0.4 is 10.5 Å². The van der Waals surface area contributed by atoms with Crippen LogP contribution in [0.3, 0.4) is 0 Å². The molecule has 3 nitrogen and oxygen atoms in total. The molecule has 0 aliphatic heterocycles. The molecule has 0 saturated carbocycles. The highest BCUT2D eigenvalue weighted by atomic mass is 19.4. The smallest absolute Gasteiger partial charge is 0.419 e. The number of hydrogen-bond donors (Lipinski definition) is 1. The van der Waals surface area contributed by atoms with Crippen LogP contribution in [-0.4, -0.2) is 26.9 Å². The van der Waals surface area contributed by atoms with Gasteiger partial charge in [0.25, 0.3) is 0 Å². The average Bonchev–Trinajstić information content (AvgIpc) is 2.38. The lowest BCUT2D eigenvalue weighted by Crippen LogP contribution is -2.23. The van der Waals surface area contributed by atoms with Gasteiger partial charge >= 0.3 is 6.18 Å². The minimum Gasteiger partial charge on any atom is -0.493 e. The molecule has 1 atom stereocenters. The number of nitrogens with two attached hydrogens (primary N) is 1. The van der Waals surface area contributed by atoms with E-state index in [-0.39, 0.29) is 18.3 Å². The molecule has 0 radical (unpaired) electrons. The number of para-hydroxylation sites is 1. The second kappa shape index (κ2) is 7.35. The molecule has 6 heteroatoms. The number of halogens is 3. The molecule has 0 heterocycles. The SMILES string of the molecule is COCCC(CN)COc1ccccc1C(F)(F)F. The first-order chi connectivity index (χ1) is 8.99. The summed E-state index contributed by atoms with van der Waals surface area (Å²) < 4.78 is 48.4. The van der Waals surface area contributed by atoms with Crippen molar-refractivity contribution >= 4 is 0 Å². The van der Waals surface area contributed by atoms with Crippen LogP contribution in [0.1, 0.15) is 12.0 Å². The van der Waals surface area contributed by atoms with Gasteiger partial charge in [0, 0.05) is 19.6 Å². The molecule has 0 fully saturated rings. The van der Waals surface area contributed by atoms with Gasteiger partial charge in [-0.25, -0.2) is 0 Å². The minimum atomic E-state index is -4.42. The monoisotopic (exact) mass is 277 g/mol. The van der Waals surface area contributed by atoms with E-state index in [1.54, 1.807) is 7.11 Å². The second-order valence-electron chi connectivity index (χ2n) is 4.19. The molecule has 0 saturated heterocycles. The van der Waals surface area contributed by atoms with Crippen molar-refractivity contribution in [1.82, 2.24) is 0 Å². The Morgan fingerprint density at radius 1 is 1.26 bits per heavy atom. The maximum atomic E-state index is 12.7. The summed E-state index contributed by atoms with van der Waals surface area (Å²) in [6, 6.07) is 5.16. The maximum Gasteiger partial charge on any atom is 0.419 e. The molecule has 0 aliphatic rings. The molecule has 0 amide bonds. The van der Waals surface area contributed by atoms with Gasteiger partial charge in [0.15, 0.2) is 0 Å². The fraction of sp³-hybridized carbons (Fsp3) is 0.538.